The van der Waals surface area contributed by atoms with Crippen molar-refractivity contribution >= 4 is 27.4 Å². The second kappa shape index (κ2) is 2.98. The van der Waals surface area contributed by atoms with E-state index in [4.69, 9.17) is 0 Å². The van der Waals surface area contributed by atoms with E-state index in [9.17, 15) is 0 Å². The van der Waals surface area contributed by atoms with E-state index in [2.05, 4.69) is 41.4 Å². The lowest BCUT2D eigenvalue weighted by Gasteiger charge is -1.98. The third-order valence-electron chi connectivity index (χ3n) is 0. The molecule has 0 atom stereocenters. The molecule has 0 fully saturated rings. The van der Waals surface area contributed by atoms with E-state index in [0.717, 1.165) is 0 Å². The number of hydrogen-bond donors (Lipinski definition) is 0. The van der Waals surface area contributed by atoms with Gasteiger partial charge in [0.1, 0.15) is 5.57 Å². The van der Waals surface area contributed by atoms with Gasteiger partial charge in [-0.05, 0) is 0 Å². The molecule has 0 saturated heterocycles. The summed E-state index contributed by atoms with van der Waals surface area (Å²) in [4.78, 5) is 0. The summed E-state index contributed by atoms with van der Waals surface area (Å²) in [6.45, 7) is 6.94. The summed E-state index contributed by atoms with van der Waals surface area (Å²) in [5.41, 5.74) is -0.641. The Morgan fingerprint density at radius 1 is 1.17 bits per heavy atom. The van der Waals surface area contributed by atoms with Crippen molar-refractivity contribution in [1.82, 2.24) is 0 Å². The van der Waals surface area contributed by atoms with Gasteiger partial charge in [-0.15, -0.1) is 21.8 Å². The van der Waals surface area contributed by atoms with Gasteiger partial charge in [0.25, 0.3) is 0 Å². The molecule has 2 N–H and O–H groups in total. The summed E-state index contributed by atoms with van der Waals surface area (Å²) >= 11 is 2.52. The maximum Gasteiger partial charge on any atom is 0.116 e. The van der Waals surface area contributed by atoms with E-state index < -0.39 is 5.57 Å². The number of rotatable bonds is 0. The standard InChI is InChI=1S/C3H9ISi.H2O/c1-5(2,3)4;/h1-3H3;1H2. The van der Waals surface area contributed by atoms with Crippen molar-refractivity contribution in [2.45, 2.75) is 19.6 Å². The molecule has 6 heavy (non-hydrogen) atoms. The molecule has 0 aromatic carbocycles. The second-order valence-electron chi connectivity index (χ2n) is 2.07. The van der Waals surface area contributed by atoms with E-state index >= 15 is 0 Å². The van der Waals surface area contributed by atoms with Crippen molar-refractivity contribution in [1.29, 1.82) is 0 Å². The molecule has 0 aliphatic heterocycles. The van der Waals surface area contributed by atoms with E-state index in [1.807, 2.05) is 0 Å². The summed E-state index contributed by atoms with van der Waals surface area (Å²) in [6, 6.07) is 0. The minimum atomic E-state index is -0.641. The van der Waals surface area contributed by atoms with Crippen molar-refractivity contribution in [3.05, 3.63) is 0 Å². The highest BCUT2D eigenvalue weighted by Crippen LogP contribution is 2.08. The van der Waals surface area contributed by atoms with Gasteiger partial charge in [0.15, 0.2) is 0 Å². The van der Waals surface area contributed by atoms with Crippen LogP contribution in [0.5, 0.6) is 0 Å². The van der Waals surface area contributed by atoms with Crippen LogP contribution in [0.4, 0.5) is 0 Å². The molecule has 0 aromatic heterocycles. The predicted molar refractivity (Wildman–Crippen MR) is 41.0 cm³/mol. The van der Waals surface area contributed by atoms with E-state index in [1.165, 1.54) is 0 Å². The first-order chi connectivity index (χ1) is 2.00. The number of hydrogen-bond acceptors (Lipinski definition) is 0. The zero-order chi connectivity index (χ0) is 4.50. The van der Waals surface area contributed by atoms with Crippen LogP contribution in [0.2, 0.25) is 19.6 Å². The Kier molecular flexibility index (Phi) is 4.97. The molecule has 0 bridgehead atoms. The first kappa shape index (κ1) is 10.0. The van der Waals surface area contributed by atoms with Crippen molar-refractivity contribution in [2.24, 2.45) is 0 Å². The van der Waals surface area contributed by atoms with Crippen LogP contribution >= 0.6 is 21.8 Å². The van der Waals surface area contributed by atoms with Crippen LogP contribution in [-0.2, 0) is 0 Å². The first-order valence-electron chi connectivity index (χ1n) is 1.69. The fourth-order valence-electron chi connectivity index (χ4n) is 0. The molecule has 3 heteroatoms. The molecule has 0 heterocycles. The summed E-state index contributed by atoms with van der Waals surface area (Å²) in [6.07, 6.45) is 0. The minimum absolute atomic E-state index is 0. The van der Waals surface area contributed by atoms with Crippen LogP contribution in [0.25, 0.3) is 0 Å². The third-order valence-corrected chi connectivity index (χ3v) is 0. The molecule has 0 aliphatic rings. The third kappa shape index (κ3) is 91.1. The lowest BCUT2D eigenvalue weighted by Crippen LogP contribution is -2.05. The minimum Gasteiger partial charge on any atom is -0.412 e. The molecule has 0 amide bonds. The van der Waals surface area contributed by atoms with Crippen LogP contribution in [-0.4, -0.2) is 11.0 Å². The molecule has 40 valence electrons. The quantitative estimate of drug-likeness (QED) is 0.334. The monoisotopic (exact) mass is 218 g/mol. The maximum absolute atomic E-state index is 2.52. The topological polar surface area (TPSA) is 31.5 Å². The molecule has 0 radical (unpaired) electrons. The van der Waals surface area contributed by atoms with Crippen LogP contribution in [0, 0.1) is 0 Å². The Balaban J connectivity index is 0. The average molecular weight is 218 g/mol. The van der Waals surface area contributed by atoms with Crippen LogP contribution in [0.3, 0.4) is 0 Å². The molecule has 0 aliphatic carbocycles. The SMILES string of the molecule is C[Si](C)(C)I.O. The molecule has 0 rings (SSSR count). The van der Waals surface area contributed by atoms with Crippen LogP contribution < -0.4 is 0 Å². The molecule has 0 unspecified atom stereocenters. The van der Waals surface area contributed by atoms with Gasteiger partial charge in [-0.2, -0.15) is 0 Å². The summed E-state index contributed by atoms with van der Waals surface area (Å²) < 4.78 is 0. The zero-order valence-corrected chi connectivity index (χ0v) is 7.54. The van der Waals surface area contributed by atoms with Gasteiger partial charge >= 0.3 is 0 Å². The van der Waals surface area contributed by atoms with E-state index in [1.54, 1.807) is 0 Å². The molecular weight excluding hydrogens is 207 g/mol. The first-order valence-corrected chi connectivity index (χ1v) is 8.30. The van der Waals surface area contributed by atoms with Crippen LogP contribution in [0.1, 0.15) is 0 Å². The molecule has 0 saturated carbocycles. The van der Waals surface area contributed by atoms with Gasteiger partial charge in [-0.25, -0.2) is 0 Å². The Morgan fingerprint density at radius 2 is 1.17 bits per heavy atom. The summed E-state index contributed by atoms with van der Waals surface area (Å²) in [5, 5.41) is 0. The highest BCUT2D eigenvalue weighted by atomic mass is 127. The Morgan fingerprint density at radius 3 is 1.17 bits per heavy atom. The lowest BCUT2D eigenvalue weighted by atomic mass is 11.8. The van der Waals surface area contributed by atoms with Crippen molar-refractivity contribution in [2.75, 3.05) is 0 Å². The van der Waals surface area contributed by atoms with Gasteiger partial charge in [0.05, 0.1) is 0 Å². The van der Waals surface area contributed by atoms with Crippen molar-refractivity contribution in [3.8, 4) is 0 Å². The largest absolute Gasteiger partial charge is 0.412 e. The molecule has 1 nitrogen and oxygen atoms in total. The normalized spacial score (nSPS) is 10.0. The van der Waals surface area contributed by atoms with E-state index in [0.29, 0.717) is 0 Å². The van der Waals surface area contributed by atoms with Crippen molar-refractivity contribution < 1.29 is 5.48 Å². The predicted octanol–water partition coefficient (Wildman–Crippen LogP) is 1.43. The number of halogens is 1. The average Bonchev–Trinajstić information content (AvgIpc) is 0.722. The summed E-state index contributed by atoms with van der Waals surface area (Å²) in [5.74, 6) is 0. The Bertz CT molecular complexity index is 26.3. The molecule has 0 aromatic rings. The second-order valence-corrected chi connectivity index (χ2v) is 15.9. The molecule has 0 spiro atoms. The van der Waals surface area contributed by atoms with E-state index in [-0.39, 0.29) is 5.48 Å². The molecular formula is C3H11IOSi. The fraction of sp³-hybridized carbons (Fsp3) is 1.00. The van der Waals surface area contributed by atoms with Gasteiger partial charge in [-0.1, -0.05) is 19.6 Å². The zero-order valence-electron chi connectivity index (χ0n) is 4.38. The highest BCUT2D eigenvalue weighted by Gasteiger charge is 2.02. The van der Waals surface area contributed by atoms with Crippen LogP contribution in [0.15, 0.2) is 0 Å². The Hall–Kier alpha value is 0.907. The maximum atomic E-state index is 2.52. The van der Waals surface area contributed by atoms with Crippen molar-refractivity contribution in [3.63, 3.8) is 0 Å². The van der Waals surface area contributed by atoms with Gasteiger partial charge < -0.3 is 5.48 Å². The highest BCUT2D eigenvalue weighted by molar-refractivity contribution is 14.1. The van der Waals surface area contributed by atoms with Gasteiger partial charge in [0, 0.05) is 0 Å². The Labute approximate surface area is 52.7 Å². The van der Waals surface area contributed by atoms with Gasteiger partial charge in [-0.3, -0.25) is 0 Å². The van der Waals surface area contributed by atoms with Gasteiger partial charge in [0.2, 0.25) is 0 Å². The summed E-state index contributed by atoms with van der Waals surface area (Å²) in [7, 11) is 0. The fourth-order valence-corrected chi connectivity index (χ4v) is 0. The smallest absolute Gasteiger partial charge is 0.116 e. The lowest BCUT2D eigenvalue weighted by molar-refractivity contribution is 0.824.